The summed E-state index contributed by atoms with van der Waals surface area (Å²) in [5, 5.41) is 13.9. The minimum Gasteiger partial charge on any atom is -0.371 e. The average molecular weight is 419 g/mol. The number of nitro benzene ring substituents is 1. The Kier molecular flexibility index (Phi) is 5.51. The molecule has 1 aromatic heterocycles. The number of nitro groups is 1. The molecule has 0 radical (unpaired) electrons. The van der Waals surface area contributed by atoms with E-state index in [0.717, 1.165) is 36.1 Å². The van der Waals surface area contributed by atoms with E-state index in [0.29, 0.717) is 17.3 Å². The molecule has 0 atom stereocenters. The molecular weight excluding hydrogens is 400 g/mol. The van der Waals surface area contributed by atoms with Gasteiger partial charge in [0.2, 0.25) is 0 Å². The topological polar surface area (TPSA) is 88.4 Å². The maximum absolute atomic E-state index is 12.8. The lowest BCUT2D eigenvalue weighted by Gasteiger charge is -2.33. The molecule has 1 amide bonds. The van der Waals surface area contributed by atoms with Gasteiger partial charge in [0.25, 0.3) is 11.6 Å². The van der Waals surface area contributed by atoms with Gasteiger partial charge in [-0.3, -0.25) is 14.9 Å². The monoisotopic (exact) mass is 418 g/mol. The van der Waals surface area contributed by atoms with Crippen molar-refractivity contribution in [3.63, 3.8) is 0 Å². The van der Waals surface area contributed by atoms with Gasteiger partial charge in [0.1, 0.15) is 5.82 Å². The third-order valence-corrected chi connectivity index (χ3v) is 5.00. The van der Waals surface area contributed by atoms with Crippen molar-refractivity contribution in [2.45, 2.75) is 19.8 Å². The first-order chi connectivity index (χ1) is 12.4. The fraction of sp³-hybridized carbons (Fsp3) is 0.333. The molecule has 1 N–H and O–H groups in total. The summed E-state index contributed by atoms with van der Waals surface area (Å²) >= 11 is 3.29. The van der Waals surface area contributed by atoms with Crippen molar-refractivity contribution in [1.82, 2.24) is 4.98 Å². The number of aromatic nitrogens is 1. The van der Waals surface area contributed by atoms with Gasteiger partial charge in [-0.2, -0.15) is 0 Å². The van der Waals surface area contributed by atoms with Gasteiger partial charge in [-0.25, -0.2) is 4.98 Å². The van der Waals surface area contributed by atoms with E-state index in [1.54, 1.807) is 24.4 Å². The average Bonchev–Trinajstić information content (AvgIpc) is 2.63. The number of pyridine rings is 1. The summed E-state index contributed by atoms with van der Waals surface area (Å²) in [6, 6.07) is 7.88. The first-order valence-corrected chi connectivity index (χ1v) is 9.19. The molecule has 0 spiro atoms. The molecule has 1 aliphatic heterocycles. The molecule has 0 saturated carbocycles. The van der Waals surface area contributed by atoms with Crippen LogP contribution >= 0.6 is 15.9 Å². The second-order valence-corrected chi connectivity index (χ2v) is 7.36. The summed E-state index contributed by atoms with van der Waals surface area (Å²) in [6.07, 6.45) is 3.65. The van der Waals surface area contributed by atoms with E-state index in [1.165, 1.54) is 12.1 Å². The zero-order valence-corrected chi connectivity index (χ0v) is 15.9. The normalized spacial score (nSPS) is 14.9. The van der Waals surface area contributed by atoms with Gasteiger partial charge in [0.05, 0.1) is 16.2 Å². The van der Waals surface area contributed by atoms with Crippen LogP contribution in [0.2, 0.25) is 0 Å². The summed E-state index contributed by atoms with van der Waals surface area (Å²) in [6.45, 7) is 3.87. The van der Waals surface area contributed by atoms with Gasteiger partial charge in [0.15, 0.2) is 0 Å². The molecule has 1 saturated heterocycles. The Balaban J connectivity index is 1.91. The Bertz CT molecular complexity index is 818. The number of anilines is 2. The first-order valence-electron chi connectivity index (χ1n) is 8.40. The highest BCUT2D eigenvalue weighted by atomic mass is 79.9. The molecule has 2 aromatic rings. The highest BCUT2D eigenvalue weighted by Gasteiger charge is 2.23. The van der Waals surface area contributed by atoms with E-state index in [9.17, 15) is 14.9 Å². The van der Waals surface area contributed by atoms with Crippen molar-refractivity contribution < 1.29 is 9.72 Å². The first kappa shape index (κ1) is 18.3. The second kappa shape index (κ2) is 7.82. The molecular formula is C18H19BrN4O3. The van der Waals surface area contributed by atoms with Crippen molar-refractivity contribution in [2.75, 3.05) is 23.3 Å². The Labute approximate surface area is 159 Å². The number of piperidine rings is 1. The summed E-state index contributed by atoms with van der Waals surface area (Å²) < 4.78 is 0.800. The van der Waals surface area contributed by atoms with Crippen LogP contribution in [-0.4, -0.2) is 28.9 Å². The Morgan fingerprint density at radius 1 is 1.31 bits per heavy atom. The maximum Gasteiger partial charge on any atom is 0.270 e. The third kappa shape index (κ3) is 4.19. The predicted molar refractivity (Wildman–Crippen MR) is 104 cm³/mol. The van der Waals surface area contributed by atoms with E-state index < -0.39 is 10.8 Å². The van der Waals surface area contributed by atoms with Crippen LogP contribution in [0.4, 0.5) is 17.2 Å². The molecule has 136 valence electrons. The quantitative estimate of drug-likeness (QED) is 0.592. The lowest BCUT2D eigenvalue weighted by atomic mass is 9.98. The lowest BCUT2D eigenvalue weighted by Crippen LogP contribution is -2.34. The number of nitrogens with zero attached hydrogens (tertiary/aromatic N) is 3. The molecule has 1 fully saturated rings. The number of halogens is 1. The maximum atomic E-state index is 12.8. The second-order valence-electron chi connectivity index (χ2n) is 6.44. The summed E-state index contributed by atoms with van der Waals surface area (Å²) in [7, 11) is 0. The number of amides is 1. The van der Waals surface area contributed by atoms with E-state index in [-0.39, 0.29) is 5.69 Å². The van der Waals surface area contributed by atoms with Crippen molar-refractivity contribution in [3.05, 3.63) is 56.7 Å². The van der Waals surface area contributed by atoms with Crippen molar-refractivity contribution in [1.29, 1.82) is 0 Å². The molecule has 0 bridgehead atoms. The molecule has 1 aromatic carbocycles. The molecule has 2 heterocycles. The fourth-order valence-corrected chi connectivity index (χ4v) is 3.21. The summed E-state index contributed by atoms with van der Waals surface area (Å²) in [5.41, 5.74) is 0.906. The van der Waals surface area contributed by atoms with Crippen LogP contribution in [0, 0.1) is 16.0 Å². The van der Waals surface area contributed by atoms with Crippen molar-refractivity contribution in [2.24, 2.45) is 5.92 Å². The van der Waals surface area contributed by atoms with Crippen LogP contribution in [0.3, 0.4) is 0 Å². The van der Waals surface area contributed by atoms with Crippen LogP contribution in [0.5, 0.6) is 0 Å². The van der Waals surface area contributed by atoms with Crippen LogP contribution < -0.4 is 10.2 Å². The van der Waals surface area contributed by atoms with Gasteiger partial charge in [-0.1, -0.05) is 6.92 Å². The van der Waals surface area contributed by atoms with Gasteiger partial charge in [0, 0.05) is 35.9 Å². The Morgan fingerprint density at radius 2 is 2.04 bits per heavy atom. The largest absolute Gasteiger partial charge is 0.371 e. The molecule has 0 aliphatic carbocycles. The van der Waals surface area contributed by atoms with E-state index in [2.05, 4.69) is 38.1 Å². The van der Waals surface area contributed by atoms with Crippen molar-refractivity contribution in [3.8, 4) is 0 Å². The minimum atomic E-state index is -0.489. The zero-order valence-electron chi connectivity index (χ0n) is 14.3. The predicted octanol–water partition coefficient (Wildman–Crippen LogP) is 4.24. The zero-order chi connectivity index (χ0) is 18.7. The SMILES string of the molecule is CC1CCN(c2ccc([N+](=O)[O-])cc2C(=O)Nc2ccc(Br)cn2)CC1. The molecule has 3 rings (SSSR count). The number of carbonyl (C=O) groups is 1. The van der Waals surface area contributed by atoms with Gasteiger partial charge in [-0.15, -0.1) is 0 Å². The smallest absolute Gasteiger partial charge is 0.270 e. The van der Waals surface area contributed by atoms with Gasteiger partial charge < -0.3 is 10.2 Å². The number of non-ortho nitro benzene ring substituents is 1. The number of benzene rings is 1. The minimum absolute atomic E-state index is 0.104. The molecule has 26 heavy (non-hydrogen) atoms. The summed E-state index contributed by atoms with van der Waals surface area (Å²) in [5.74, 6) is 0.633. The molecule has 8 heteroatoms. The fourth-order valence-electron chi connectivity index (χ4n) is 2.98. The Morgan fingerprint density at radius 3 is 2.65 bits per heavy atom. The number of hydrogen-bond donors (Lipinski definition) is 1. The number of rotatable bonds is 4. The summed E-state index contributed by atoms with van der Waals surface area (Å²) in [4.78, 5) is 29.7. The standard InChI is InChI=1S/C18H19BrN4O3/c1-12-6-8-22(9-7-12)16-4-3-14(23(25)26)10-15(16)18(24)21-17-5-2-13(19)11-20-17/h2-5,10-12H,6-9H2,1H3,(H,20,21,24). The lowest BCUT2D eigenvalue weighted by molar-refractivity contribution is -0.384. The van der Waals surface area contributed by atoms with E-state index in [1.807, 2.05) is 0 Å². The highest BCUT2D eigenvalue weighted by Crippen LogP contribution is 2.30. The molecule has 1 aliphatic rings. The number of nitrogens with one attached hydrogen (secondary N) is 1. The molecule has 0 unspecified atom stereocenters. The van der Waals surface area contributed by atoms with Crippen LogP contribution in [-0.2, 0) is 0 Å². The Hall–Kier alpha value is -2.48. The molecule has 7 nitrogen and oxygen atoms in total. The van der Waals surface area contributed by atoms with Gasteiger partial charge >= 0.3 is 0 Å². The van der Waals surface area contributed by atoms with Crippen molar-refractivity contribution >= 4 is 39.0 Å². The number of hydrogen-bond acceptors (Lipinski definition) is 5. The van der Waals surface area contributed by atoms with Gasteiger partial charge in [-0.05, 0) is 52.9 Å². The van der Waals surface area contributed by atoms with E-state index >= 15 is 0 Å². The van der Waals surface area contributed by atoms with Crippen LogP contribution in [0.25, 0.3) is 0 Å². The van der Waals surface area contributed by atoms with Crippen LogP contribution in [0.15, 0.2) is 41.0 Å². The van der Waals surface area contributed by atoms with E-state index in [4.69, 9.17) is 0 Å². The highest BCUT2D eigenvalue weighted by molar-refractivity contribution is 9.10. The third-order valence-electron chi connectivity index (χ3n) is 4.53. The van der Waals surface area contributed by atoms with Crippen LogP contribution in [0.1, 0.15) is 30.1 Å². The number of carbonyl (C=O) groups excluding carboxylic acids is 1.